The lowest BCUT2D eigenvalue weighted by Crippen LogP contribution is -2.28. The van der Waals surface area contributed by atoms with Crippen molar-refractivity contribution in [1.82, 2.24) is 5.32 Å². The second-order valence-corrected chi connectivity index (χ2v) is 5.51. The smallest absolute Gasteiger partial charge is 0.341 e. The van der Waals surface area contributed by atoms with Crippen molar-refractivity contribution in [3.8, 4) is 0 Å². The summed E-state index contributed by atoms with van der Waals surface area (Å²) >= 11 is 0. The molecule has 6 heteroatoms. The van der Waals surface area contributed by atoms with Gasteiger partial charge in [0.15, 0.2) is 0 Å². The number of furan rings is 1. The molecule has 0 fully saturated rings. The van der Waals surface area contributed by atoms with Crippen LogP contribution in [0.5, 0.6) is 0 Å². The van der Waals surface area contributed by atoms with E-state index in [4.69, 9.17) is 14.3 Å². The summed E-state index contributed by atoms with van der Waals surface area (Å²) in [6.45, 7) is 6.27. The zero-order chi connectivity index (χ0) is 16.0. The number of carboxylic acids is 1. The molecule has 0 aliphatic carbocycles. The fourth-order valence-electron chi connectivity index (χ4n) is 1.84. The molecule has 1 aromatic rings. The van der Waals surface area contributed by atoms with Crippen LogP contribution in [-0.4, -0.2) is 30.7 Å². The Morgan fingerprint density at radius 2 is 2.10 bits per heavy atom. The molecule has 0 aliphatic heterocycles. The standard InChI is InChI=1S/C15H23NO5/c1-5-12-11(13(17)20-4)8-10(21-12)9-16-7-6-15(2,3)14(18)19/h8,16H,5-7,9H2,1-4H3,(H,18,19). The predicted octanol–water partition coefficient (Wildman–Crippen LogP) is 2.22. The van der Waals surface area contributed by atoms with E-state index in [0.29, 0.717) is 43.0 Å². The molecule has 1 rings (SSSR count). The molecule has 0 radical (unpaired) electrons. The number of hydrogen-bond acceptors (Lipinski definition) is 5. The number of hydrogen-bond donors (Lipinski definition) is 2. The van der Waals surface area contributed by atoms with Crippen molar-refractivity contribution in [2.75, 3.05) is 13.7 Å². The van der Waals surface area contributed by atoms with Crippen molar-refractivity contribution in [2.45, 2.75) is 40.2 Å². The third-order valence-electron chi connectivity index (χ3n) is 3.39. The molecule has 0 atom stereocenters. The van der Waals surface area contributed by atoms with E-state index in [-0.39, 0.29) is 0 Å². The minimum Gasteiger partial charge on any atom is -0.481 e. The molecule has 0 bridgehead atoms. The molecule has 0 unspecified atom stereocenters. The molecule has 1 heterocycles. The summed E-state index contributed by atoms with van der Waals surface area (Å²) < 4.78 is 10.3. The summed E-state index contributed by atoms with van der Waals surface area (Å²) in [5, 5.41) is 12.1. The van der Waals surface area contributed by atoms with E-state index in [1.54, 1.807) is 19.9 Å². The molecule has 0 aromatic carbocycles. The third-order valence-corrected chi connectivity index (χ3v) is 3.39. The topological polar surface area (TPSA) is 88.8 Å². The highest BCUT2D eigenvalue weighted by atomic mass is 16.5. The number of esters is 1. The monoisotopic (exact) mass is 297 g/mol. The van der Waals surface area contributed by atoms with Crippen molar-refractivity contribution in [1.29, 1.82) is 0 Å². The van der Waals surface area contributed by atoms with Crippen LogP contribution in [0.25, 0.3) is 0 Å². The number of aliphatic carboxylic acids is 1. The lowest BCUT2D eigenvalue weighted by atomic mass is 9.90. The molecule has 1 aromatic heterocycles. The van der Waals surface area contributed by atoms with Gasteiger partial charge in [0.2, 0.25) is 0 Å². The van der Waals surface area contributed by atoms with Gasteiger partial charge in [-0.1, -0.05) is 6.92 Å². The van der Waals surface area contributed by atoms with Gasteiger partial charge in [0.05, 0.1) is 19.1 Å². The van der Waals surface area contributed by atoms with Gasteiger partial charge in [-0.05, 0) is 32.9 Å². The second kappa shape index (κ2) is 7.26. The first-order chi connectivity index (χ1) is 9.81. The Hall–Kier alpha value is -1.82. The molecule has 0 aliphatic rings. The Morgan fingerprint density at radius 1 is 1.43 bits per heavy atom. The number of carbonyl (C=O) groups excluding carboxylic acids is 1. The van der Waals surface area contributed by atoms with Gasteiger partial charge in [0.25, 0.3) is 0 Å². The number of rotatable bonds is 8. The van der Waals surface area contributed by atoms with Crippen LogP contribution in [0.1, 0.15) is 49.1 Å². The van der Waals surface area contributed by atoms with Gasteiger partial charge in [-0.15, -0.1) is 0 Å². The zero-order valence-electron chi connectivity index (χ0n) is 13.0. The maximum atomic E-state index is 11.6. The van der Waals surface area contributed by atoms with Crippen LogP contribution >= 0.6 is 0 Å². The normalized spacial score (nSPS) is 11.4. The Balaban J connectivity index is 2.55. The van der Waals surface area contributed by atoms with E-state index >= 15 is 0 Å². The van der Waals surface area contributed by atoms with Crippen LogP contribution in [0.4, 0.5) is 0 Å². The quantitative estimate of drug-likeness (QED) is 0.565. The highest BCUT2D eigenvalue weighted by Crippen LogP contribution is 2.20. The summed E-state index contributed by atoms with van der Waals surface area (Å²) in [6.07, 6.45) is 1.12. The zero-order valence-corrected chi connectivity index (χ0v) is 13.0. The molecular weight excluding hydrogens is 274 g/mol. The minimum absolute atomic E-state index is 0.408. The highest BCUT2D eigenvalue weighted by molar-refractivity contribution is 5.90. The van der Waals surface area contributed by atoms with Gasteiger partial charge in [-0.3, -0.25) is 4.79 Å². The fourth-order valence-corrected chi connectivity index (χ4v) is 1.84. The summed E-state index contributed by atoms with van der Waals surface area (Å²) in [7, 11) is 1.33. The molecule has 0 saturated carbocycles. The molecular formula is C15H23NO5. The summed E-state index contributed by atoms with van der Waals surface area (Å²) in [6, 6.07) is 1.67. The van der Waals surface area contributed by atoms with Crippen LogP contribution in [0.2, 0.25) is 0 Å². The lowest BCUT2D eigenvalue weighted by Gasteiger charge is -2.18. The number of ether oxygens (including phenoxy) is 1. The predicted molar refractivity (Wildman–Crippen MR) is 77.2 cm³/mol. The first-order valence-corrected chi connectivity index (χ1v) is 6.95. The van der Waals surface area contributed by atoms with Crippen LogP contribution < -0.4 is 5.32 Å². The lowest BCUT2D eigenvalue weighted by molar-refractivity contribution is -0.147. The molecule has 0 amide bonds. The van der Waals surface area contributed by atoms with Gasteiger partial charge in [-0.2, -0.15) is 0 Å². The molecule has 118 valence electrons. The second-order valence-electron chi connectivity index (χ2n) is 5.51. The van der Waals surface area contributed by atoms with Gasteiger partial charge in [0.1, 0.15) is 17.1 Å². The largest absolute Gasteiger partial charge is 0.481 e. The SMILES string of the molecule is CCc1oc(CNCCC(C)(C)C(=O)O)cc1C(=O)OC. The Morgan fingerprint density at radius 3 is 2.62 bits per heavy atom. The first-order valence-electron chi connectivity index (χ1n) is 6.95. The van der Waals surface area contributed by atoms with E-state index < -0.39 is 17.4 Å². The number of methoxy groups -OCH3 is 1. The van der Waals surface area contributed by atoms with Crippen molar-refractivity contribution >= 4 is 11.9 Å². The number of aryl methyl sites for hydroxylation is 1. The Kier molecular flexibility index (Phi) is 5.96. The van der Waals surface area contributed by atoms with Gasteiger partial charge < -0.3 is 19.6 Å². The van der Waals surface area contributed by atoms with Crippen molar-refractivity contribution in [2.24, 2.45) is 5.41 Å². The van der Waals surface area contributed by atoms with Crippen molar-refractivity contribution in [3.63, 3.8) is 0 Å². The molecule has 21 heavy (non-hydrogen) atoms. The highest BCUT2D eigenvalue weighted by Gasteiger charge is 2.26. The molecule has 2 N–H and O–H groups in total. The van der Waals surface area contributed by atoms with Crippen molar-refractivity contribution in [3.05, 3.63) is 23.2 Å². The maximum Gasteiger partial charge on any atom is 0.341 e. The van der Waals surface area contributed by atoms with Gasteiger partial charge >= 0.3 is 11.9 Å². The van der Waals surface area contributed by atoms with Crippen LogP contribution in [0.3, 0.4) is 0 Å². The summed E-state index contributed by atoms with van der Waals surface area (Å²) in [5.74, 6) is 0.0160. The average molecular weight is 297 g/mol. The number of carboxylic acid groups (broad SMARTS) is 1. The van der Waals surface area contributed by atoms with Gasteiger partial charge in [-0.25, -0.2) is 4.79 Å². The van der Waals surface area contributed by atoms with E-state index in [1.807, 2.05) is 6.92 Å². The molecule has 0 saturated heterocycles. The van der Waals surface area contributed by atoms with Crippen LogP contribution in [0, 0.1) is 5.41 Å². The molecule has 0 spiro atoms. The summed E-state index contributed by atoms with van der Waals surface area (Å²) in [5.41, 5.74) is -0.315. The van der Waals surface area contributed by atoms with Crippen molar-refractivity contribution < 1.29 is 23.8 Å². The van der Waals surface area contributed by atoms with E-state index in [1.165, 1.54) is 7.11 Å². The minimum atomic E-state index is -0.816. The number of carbonyl (C=O) groups is 2. The van der Waals surface area contributed by atoms with E-state index in [0.717, 1.165) is 0 Å². The average Bonchev–Trinajstić information content (AvgIpc) is 2.85. The van der Waals surface area contributed by atoms with E-state index in [9.17, 15) is 9.59 Å². The first kappa shape index (κ1) is 17.2. The Labute approximate surface area is 124 Å². The van der Waals surface area contributed by atoms with Crippen LogP contribution in [0.15, 0.2) is 10.5 Å². The van der Waals surface area contributed by atoms with E-state index in [2.05, 4.69) is 5.32 Å². The molecule has 6 nitrogen and oxygen atoms in total. The summed E-state index contributed by atoms with van der Waals surface area (Å²) in [4.78, 5) is 22.6. The van der Waals surface area contributed by atoms with Crippen LogP contribution in [-0.2, 0) is 22.5 Å². The number of nitrogens with one attached hydrogen (secondary N) is 1. The van der Waals surface area contributed by atoms with Gasteiger partial charge in [0, 0.05) is 6.42 Å². The third kappa shape index (κ3) is 4.60. The fraction of sp³-hybridized carbons (Fsp3) is 0.600. The Bertz CT molecular complexity index is 504. The maximum absolute atomic E-state index is 11.6.